The molecule has 28 nitrogen and oxygen atoms in total. The van der Waals surface area contributed by atoms with E-state index in [-0.39, 0.29) is 81.0 Å². The number of methoxy groups -OCH3 is 2. The van der Waals surface area contributed by atoms with Crippen molar-refractivity contribution in [3.05, 3.63) is 278 Å². The first-order valence-electron chi connectivity index (χ1n) is 35.3. The predicted octanol–water partition coefficient (Wildman–Crippen LogP) is 21.0. The summed E-state index contributed by atoms with van der Waals surface area (Å²) < 4.78 is 48.3. The van der Waals surface area contributed by atoms with Crippen LogP contribution in [0, 0.1) is 27.7 Å². The van der Waals surface area contributed by atoms with Crippen LogP contribution in [0.3, 0.4) is 0 Å². The Morgan fingerprint density at radius 1 is 0.339 bits per heavy atom. The molecule has 0 saturated heterocycles. The molecule has 0 aliphatic heterocycles. The fraction of sp³-hybridized carbons (Fsp3) is 0.122. The van der Waals surface area contributed by atoms with Gasteiger partial charge in [-0.1, -0.05) is 234 Å². The van der Waals surface area contributed by atoms with Crippen molar-refractivity contribution >= 4 is 125 Å². The summed E-state index contributed by atoms with van der Waals surface area (Å²) in [4.78, 5) is 67.0. The molecule has 0 fully saturated rings. The number of carbonyl (C=O) groups is 4. The molecule has 0 N–H and O–H groups in total. The number of nitrogens with zero attached hydrogens (tertiary/aromatic N) is 16. The Morgan fingerprint density at radius 2 is 0.585 bits per heavy atom. The first kappa shape index (κ1) is 83.7. The maximum Gasteiger partial charge on any atom is 0.360 e. The van der Waals surface area contributed by atoms with Gasteiger partial charge in [0.15, 0.2) is 34.2 Å². The van der Waals surface area contributed by atoms with E-state index in [9.17, 15) is 19.2 Å². The van der Waals surface area contributed by atoms with E-state index in [0.29, 0.717) is 86.5 Å². The molecule has 16 rings (SSSR count). The number of halogens is 8. The number of aryl methyl sites for hydroxylation is 4. The number of para-hydroxylation sites is 4. The number of hydrogen-bond acceptors (Lipinski definition) is 24. The van der Waals surface area contributed by atoms with Crippen LogP contribution in [0.5, 0.6) is 0 Å². The van der Waals surface area contributed by atoms with Gasteiger partial charge >= 0.3 is 23.9 Å². The lowest BCUT2D eigenvalue weighted by molar-refractivity contribution is 0.0509. The Bertz CT molecular complexity index is 6050. The number of rotatable bonds is 18. The van der Waals surface area contributed by atoms with E-state index in [1.807, 2.05) is 137 Å². The molecular weight excluding hydrogens is 1770 g/mol. The number of ether oxygens (including phenoxy) is 4. The van der Waals surface area contributed by atoms with Gasteiger partial charge in [0.1, 0.15) is 21.4 Å². The minimum absolute atomic E-state index is 0.0243. The van der Waals surface area contributed by atoms with Crippen molar-refractivity contribution in [3.8, 4) is 115 Å². The number of esters is 4. The smallest absolute Gasteiger partial charge is 0.360 e. The molecule has 0 amide bonds. The van der Waals surface area contributed by atoms with E-state index >= 15 is 0 Å². The molecule has 0 atom stereocenters. The summed E-state index contributed by atoms with van der Waals surface area (Å²) in [6.07, 6.45) is 0. The van der Waals surface area contributed by atoms with Crippen LogP contribution >= 0.6 is 101 Å². The van der Waals surface area contributed by atoms with Crippen molar-refractivity contribution in [2.75, 3.05) is 27.4 Å². The molecule has 16 aromatic rings. The monoisotopic (exact) mass is 1830 g/mol. The minimum atomic E-state index is -0.694. The Balaban J connectivity index is 0.000000136. The van der Waals surface area contributed by atoms with Crippen LogP contribution in [0.15, 0.2) is 221 Å². The zero-order valence-electron chi connectivity index (χ0n) is 63.0. The third kappa shape index (κ3) is 18.1. The second-order valence-electron chi connectivity index (χ2n) is 25.1. The molecule has 0 aliphatic carbocycles. The van der Waals surface area contributed by atoms with Gasteiger partial charge < -0.3 is 37.0 Å². The van der Waals surface area contributed by atoms with E-state index < -0.39 is 23.9 Å². The largest absolute Gasteiger partial charge is 0.464 e. The summed E-state index contributed by atoms with van der Waals surface area (Å²) in [7, 11) is 2.53. The average Bonchev–Trinajstić information content (AvgIpc) is 1.63. The molecule has 0 aliphatic rings. The van der Waals surface area contributed by atoms with Crippen LogP contribution < -0.4 is 0 Å². The van der Waals surface area contributed by atoms with Crippen LogP contribution in [0.25, 0.3) is 115 Å². The van der Waals surface area contributed by atoms with Crippen LogP contribution in [0.4, 0.5) is 0 Å². The molecule has 0 spiro atoms. The van der Waals surface area contributed by atoms with Gasteiger partial charge in [0, 0.05) is 22.3 Å². The highest BCUT2D eigenvalue weighted by atomic mass is 79.9. The Hall–Kier alpha value is -12.3. The van der Waals surface area contributed by atoms with Crippen molar-refractivity contribution in [2.45, 2.75) is 41.5 Å². The maximum atomic E-state index is 12.4. The first-order chi connectivity index (χ1) is 57.0. The lowest BCUT2D eigenvalue weighted by Gasteiger charge is -2.06. The zero-order chi connectivity index (χ0) is 83.6. The quantitative estimate of drug-likeness (QED) is 0.0569. The van der Waals surface area contributed by atoms with Crippen molar-refractivity contribution < 1.29 is 56.2 Å². The molecular formula is C82H60Br2Cl6N16O12. The predicted molar refractivity (Wildman–Crippen MR) is 448 cm³/mol. The molecule has 0 radical (unpaired) electrons. The highest BCUT2D eigenvalue weighted by Crippen LogP contribution is 2.41. The van der Waals surface area contributed by atoms with Gasteiger partial charge in [-0.25, -0.2) is 37.9 Å². The topological polar surface area (TPSA) is 332 Å². The Morgan fingerprint density at radius 3 is 0.864 bits per heavy atom. The standard InChI is InChI=1S/C21H16BrClN4O3.C21H16Cl2N4O3.C20H14BrClN4O3.C20H14Cl2N4O3/c1-3-29-21(28)17-16(22)18(27(25-17)15-10-5-4-9-14(15)23)20-24-19(26-30-20)13-8-6-7-12(2)11-13;1-3-29-21(28)17-16(23)18(27(25-17)15-10-5-4-9-14(15)22)20-24-19(26-30-20)13-8-6-7-12(2)11-13;1-11-6-5-7-12(10-11)18-23-19(29-25-18)17-15(21)16(20(27)28-2)24-26(17)14-9-4-3-8-13(14)22;1-11-6-5-7-12(10-11)18-23-19(29-25-18)17-15(22)16(20(27)28-2)24-26(17)14-9-4-3-8-13(14)21/h2*4-11H,3H2,1-2H3;2*3-10H,1-2H3. The van der Waals surface area contributed by atoms with Crippen LogP contribution in [0.1, 0.15) is 78.1 Å². The molecule has 596 valence electrons. The summed E-state index contributed by atoms with van der Waals surface area (Å²) in [5.74, 6) is -0.385. The molecule has 8 heterocycles. The maximum absolute atomic E-state index is 12.4. The van der Waals surface area contributed by atoms with E-state index in [1.54, 1.807) is 98.8 Å². The fourth-order valence-corrected chi connectivity index (χ4v) is 14.1. The van der Waals surface area contributed by atoms with Gasteiger partial charge in [0.2, 0.25) is 23.3 Å². The van der Waals surface area contributed by atoms with Gasteiger partial charge in [-0.3, -0.25) is 0 Å². The lowest BCUT2D eigenvalue weighted by Crippen LogP contribution is -2.07. The lowest BCUT2D eigenvalue weighted by atomic mass is 10.1. The van der Waals surface area contributed by atoms with E-state index in [2.05, 4.69) is 92.8 Å². The summed E-state index contributed by atoms with van der Waals surface area (Å²) >= 11 is 45.3. The number of hydrogen-bond donors (Lipinski definition) is 0. The van der Waals surface area contributed by atoms with Gasteiger partial charge in [-0.05, 0) is 146 Å². The SMILES string of the molecule is CCOC(=O)c1nn(-c2ccccc2Cl)c(-c2nc(-c3cccc(C)c3)no2)c1Br.CCOC(=O)c1nn(-c2ccccc2Cl)c(-c2nc(-c3cccc(C)c3)no2)c1Cl.COC(=O)c1nn(-c2ccccc2Cl)c(-c2nc(-c3cccc(C)c3)no2)c1Br.COC(=O)c1nn(-c2ccccc2Cl)c(-c2nc(-c3cccc(C)c3)no2)c1Cl. The summed E-state index contributed by atoms with van der Waals surface area (Å²) in [6.45, 7) is 11.7. The van der Waals surface area contributed by atoms with Crippen LogP contribution in [-0.2, 0) is 18.9 Å². The van der Waals surface area contributed by atoms with Crippen molar-refractivity contribution in [1.82, 2.24) is 79.7 Å². The van der Waals surface area contributed by atoms with Crippen LogP contribution in [0.2, 0.25) is 30.1 Å². The zero-order valence-corrected chi connectivity index (χ0v) is 70.7. The van der Waals surface area contributed by atoms with Gasteiger partial charge in [-0.15, -0.1) is 0 Å². The number of carbonyl (C=O) groups excluding carboxylic acids is 4. The van der Waals surface area contributed by atoms with E-state index in [0.717, 1.165) is 44.5 Å². The van der Waals surface area contributed by atoms with Crippen molar-refractivity contribution in [1.29, 1.82) is 0 Å². The van der Waals surface area contributed by atoms with Gasteiger partial charge in [0.25, 0.3) is 23.6 Å². The third-order valence-electron chi connectivity index (χ3n) is 16.9. The fourth-order valence-electron chi connectivity index (χ4n) is 11.5. The summed E-state index contributed by atoms with van der Waals surface area (Å²) in [5.41, 5.74) is 10.9. The molecule has 0 saturated carbocycles. The second-order valence-corrected chi connectivity index (χ2v) is 29.1. The highest BCUT2D eigenvalue weighted by molar-refractivity contribution is 9.11. The molecule has 0 unspecified atom stereocenters. The van der Waals surface area contributed by atoms with E-state index in [1.165, 1.54) is 32.9 Å². The average molecular weight is 1830 g/mol. The number of aromatic nitrogens is 16. The Kier molecular flexibility index (Phi) is 26.5. The van der Waals surface area contributed by atoms with Crippen LogP contribution in [-0.4, -0.2) is 131 Å². The van der Waals surface area contributed by atoms with Crippen molar-refractivity contribution in [3.63, 3.8) is 0 Å². The van der Waals surface area contributed by atoms with Gasteiger partial charge in [-0.2, -0.15) is 40.3 Å². The van der Waals surface area contributed by atoms with Crippen molar-refractivity contribution in [2.24, 2.45) is 0 Å². The third-order valence-corrected chi connectivity index (χ3v) is 20.4. The molecule has 8 aromatic carbocycles. The first-order valence-corrected chi connectivity index (χ1v) is 39.1. The number of benzene rings is 8. The van der Waals surface area contributed by atoms with E-state index in [4.69, 9.17) is 107 Å². The molecule has 36 heteroatoms. The minimum Gasteiger partial charge on any atom is -0.464 e. The van der Waals surface area contributed by atoms with Gasteiger partial charge in [0.05, 0.1) is 79.2 Å². The second kappa shape index (κ2) is 37.3. The summed E-state index contributed by atoms with van der Waals surface area (Å²) in [6, 6.07) is 59.1. The Labute approximate surface area is 717 Å². The normalized spacial score (nSPS) is 10.9. The molecule has 8 aromatic heterocycles. The molecule has 0 bridgehead atoms. The summed E-state index contributed by atoms with van der Waals surface area (Å²) in [5, 5.41) is 35.4. The molecule has 118 heavy (non-hydrogen) atoms. The highest BCUT2D eigenvalue weighted by Gasteiger charge is 2.34.